The Hall–Kier alpha value is -2.27. The van der Waals surface area contributed by atoms with Crippen LogP contribution in [0.4, 0.5) is 4.39 Å². The van der Waals surface area contributed by atoms with E-state index in [2.05, 4.69) is 0 Å². The van der Waals surface area contributed by atoms with E-state index in [4.69, 9.17) is 23.8 Å². The summed E-state index contributed by atoms with van der Waals surface area (Å²) in [5, 5.41) is 0. The summed E-state index contributed by atoms with van der Waals surface area (Å²) >= 11 is 1.28. The third-order valence-electron chi connectivity index (χ3n) is 7.38. The minimum Gasteiger partial charge on any atom is -0.465 e. The highest BCUT2D eigenvalue weighted by Crippen LogP contribution is 2.37. The molecule has 186 valence electrons. The normalized spacial score (nSPS) is 20.9. The van der Waals surface area contributed by atoms with Gasteiger partial charge in [-0.3, -0.25) is 0 Å². The average molecular weight is 500 g/mol. The molecule has 0 amide bonds. The van der Waals surface area contributed by atoms with Gasteiger partial charge in [0.15, 0.2) is 0 Å². The monoisotopic (exact) mass is 500 g/mol. The summed E-state index contributed by atoms with van der Waals surface area (Å²) in [5.41, 5.74) is 1.98. The quantitative estimate of drug-likeness (QED) is 0.376. The van der Waals surface area contributed by atoms with Crippen molar-refractivity contribution in [1.29, 1.82) is 0 Å². The van der Waals surface area contributed by atoms with E-state index < -0.39 is 18.3 Å². The fourth-order valence-electron chi connectivity index (χ4n) is 4.42. The minimum atomic E-state index is -0.622. The number of nitrogens with zero attached hydrogens (tertiary/aromatic N) is 2. The van der Waals surface area contributed by atoms with Crippen LogP contribution < -0.4 is 5.46 Å². The summed E-state index contributed by atoms with van der Waals surface area (Å²) in [4.78, 5) is 18.0. The lowest BCUT2D eigenvalue weighted by Gasteiger charge is -2.32. The molecule has 0 spiro atoms. The zero-order valence-corrected chi connectivity index (χ0v) is 21.8. The number of fused-ring (bicyclic) bond motifs is 1. The summed E-state index contributed by atoms with van der Waals surface area (Å²) in [6, 6.07) is 5.17. The number of carbonyl (C=O) groups is 1. The van der Waals surface area contributed by atoms with Gasteiger partial charge in [-0.15, -0.1) is 11.3 Å². The Bertz CT molecular complexity index is 1280. The van der Waals surface area contributed by atoms with Crippen LogP contribution in [0, 0.1) is 12.7 Å². The molecule has 0 radical (unpaired) electrons. The second kappa shape index (κ2) is 8.69. The first kappa shape index (κ1) is 24.4. The summed E-state index contributed by atoms with van der Waals surface area (Å²) < 4.78 is 40.2. The van der Waals surface area contributed by atoms with Crippen molar-refractivity contribution in [2.24, 2.45) is 0 Å². The Kier molecular flexibility index (Phi) is 6.07. The van der Waals surface area contributed by atoms with Crippen molar-refractivity contribution in [2.75, 3.05) is 13.7 Å². The number of hydrogen-bond donors (Lipinski definition) is 0. The summed E-state index contributed by atoms with van der Waals surface area (Å²) in [6.45, 7) is 11.2. The Morgan fingerprint density at radius 2 is 1.94 bits per heavy atom. The number of benzene rings is 1. The number of halogens is 1. The predicted molar refractivity (Wildman–Crippen MR) is 133 cm³/mol. The van der Waals surface area contributed by atoms with Gasteiger partial charge in [-0.25, -0.2) is 14.2 Å². The van der Waals surface area contributed by atoms with E-state index in [1.807, 2.05) is 45.3 Å². The van der Waals surface area contributed by atoms with Crippen LogP contribution in [0.15, 0.2) is 18.2 Å². The first-order valence-electron chi connectivity index (χ1n) is 11.8. The van der Waals surface area contributed by atoms with Crippen LogP contribution >= 0.6 is 11.3 Å². The van der Waals surface area contributed by atoms with Crippen molar-refractivity contribution in [3.63, 3.8) is 0 Å². The molecule has 10 heteroatoms. The van der Waals surface area contributed by atoms with E-state index in [1.165, 1.54) is 24.5 Å². The molecule has 1 unspecified atom stereocenters. The Labute approximate surface area is 208 Å². The van der Waals surface area contributed by atoms with Crippen molar-refractivity contribution in [2.45, 2.75) is 71.3 Å². The lowest BCUT2D eigenvalue weighted by molar-refractivity contribution is -0.0589. The number of aryl methyl sites for hydroxylation is 1. The van der Waals surface area contributed by atoms with Crippen LogP contribution in [0.5, 0.6) is 0 Å². The molecule has 5 rings (SSSR count). The minimum absolute atomic E-state index is 0.0879. The van der Waals surface area contributed by atoms with Gasteiger partial charge in [-0.1, -0.05) is 11.6 Å². The molecule has 2 aromatic heterocycles. The molecule has 2 saturated heterocycles. The van der Waals surface area contributed by atoms with Gasteiger partial charge in [0.1, 0.15) is 21.3 Å². The van der Waals surface area contributed by atoms with Gasteiger partial charge in [0.2, 0.25) is 0 Å². The molecule has 0 aliphatic carbocycles. The number of aromatic nitrogens is 2. The molecule has 0 bridgehead atoms. The van der Waals surface area contributed by atoms with Gasteiger partial charge in [0.25, 0.3) is 0 Å². The zero-order valence-electron chi connectivity index (χ0n) is 20.9. The van der Waals surface area contributed by atoms with Gasteiger partial charge >= 0.3 is 13.1 Å². The molecule has 2 aliphatic rings. The molecular formula is C25H30BFN2O5S. The van der Waals surface area contributed by atoms with E-state index in [1.54, 1.807) is 6.07 Å². The smallest absolute Gasteiger partial charge is 0.465 e. The number of imidazole rings is 1. The van der Waals surface area contributed by atoms with Gasteiger partial charge in [-0.05, 0) is 64.2 Å². The molecular weight excluding hydrogens is 470 g/mol. The van der Waals surface area contributed by atoms with Crippen molar-refractivity contribution in [3.05, 3.63) is 45.8 Å². The van der Waals surface area contributed by atoms with Crippen LogP contribution in [-0.2, 0) is 31.7 Å². The number of esters is 1. The highest BCUT2D eigenvalue weighted by molar-refractivity contribution is 7.20. The van der Waals surface area contributed by atoms with E-state index in [-0.39, 0.29) is 17.9 Å². The van der Waals surface area contributed by atoms with Gasteiger partial charge < -0.3 is 23.3 Å². The lowest BCUT2D eigenvalue weighted by Crippen LogP contribution is -2.41. The molecule has 7 nitrogen and oxygen atoms in total. The molecule has 0 N–H and O–H groups in total. The fourth-order valence-corrected chi connectivity index (χ4v) is 5.39. The molecule has 2 aliphatic heterocycles. The molecule has 0 saturated carbocycles. The van der Waals surface area contributed by atoms with Crippen LogP contribution in [-0.4, -0.2) is 53.7 Å². The Balaban J connectivity index is 1.46. The highest BCUT2D eigenvalue weighted by Gasteiger charge is 2.52. The van der Waals surface area contributed by atoms with Crippen molar-refractivity contribution >= 4 is 40.2 Å². The number of hydrogen-bond acceptors (Lipinski definition) is 7. The van der Waals surface area contributed by atoms with E-state index in [0.717, 1.165) is 34.8 Å². The van der Waals surface area contributed by atoms with Gasteiger partial charge in [0, 0.05) is 13.0 Å². The molecule has 4 heterocycles. The zero-order chi connectivity index (χ0) is 25.1. The third-order valence-corrected chi connectivity index (χ3v) is 8.38. The van der Waals surface area contributed by atoms with Crippen molar-refractivity contribution < 1.29 is 28.0 Å². The standard InChI is InChI=1S/C25H30BFN2O5S/c1-14-9-15(18(27)11-17(14)26-33-24(2,3)25(4,5)34-26)10-21-28-22-19(12-20(35-22)23(30)31-6)29(21)13-16-7-8-32-16/h9,11-12,16H,7-8,10,13H2,1-6H3. The van der Waals surface area contributed by atoms with Gasteiger partial charge in [-0.2, -0.15) is 0 Å². The third kappa shape index (κ3) is 4.30. The Morgan fingerprint density at radius 3 is 2.54 bits per heavy atom. The largest absolute Gasteiger partial charge is 0.495 e. The van der Waals surface area contributed by atoms with Crippen LogP contribution in [0.1, 0.15) is 60.7 Å². The van der Waals surface area contributed by atoms with Crippen LogP contribution in [0.2, 0.25) is 0 Å². The Morgan fingerprint density at radius 1 is 1.26 bits per heavy atom. The number of ether oxygens (including phenoxy) is 2. The fraction of sp³-hybridized carbons (Fsp3) is 0.520. The SMILES string of the molecule is COC(=O)c1cc2c(nc(Cc3cc(C)c(B4OC(C)(C)C(C)(C)O4)cc3F)n2CC2CCO2)s1. The molecule has 35 heavy (non-hydrogen) atoms. The van der Waals surface area contributed by atoms with Gasteiger partial charge in [0.05, 0.1) is 36.5 Å². The van der Waals surface area contributed by atoms with Crippen LogP contribution in [0.25, 0.3) is 10.3 Å². The first-order chi connectivity index (χ1) is 16.5. The molecule has 1 atom stereocenters. The van der Waals surface area contributed by atoms with Crippen molar-refractivity contribution in [3.8, 4) is 0 Å². The number of methoxy groups -OCH3 is 1. The van der Waals surface area contributed by atoms with Crippen LogP contribution in [0.3, 0.4) is 0 Å². The van der Waals surface area contributed by atoms with E-state index in [9.17, 15) is 4.79 Å². The maximum atomic E-state index is 15.4. The second-order valence-electron chi connectivity index (χ2n) is 10.3. The summed E-state index contributed by atoms with van der Waals surface area (Å²) in [6.07, 6.45) is 1.37. The van der Waals surface area contributed by atoms with E-state index in [0.29, 0.717) is 28.9 Å². The topological polar surface area (TPSA) is 71.8 Å². The number of thiophene rings is 1. The average Bonchev–Trinajstić information content (AvgIpc) is 3.36. The summed E-state index contributed by atoms with van der Waals surface area (Å²) in [5.74, 6) is 0.0224. The first-order valence-corrected chi connectivity index (χ1v) is 12.6. The predicted octanol–water partition coefficient (Wildman–Crippen LogP) is 4.01. The highest BCUT2D eigenvalue weighted by atomic mass is 32.1. The maximum Gasteiger partial charge on any atom is 0.495 e. The maximum absolute atomic E-state index is 15.4. The lowest BCUT2D eigenvalue weighted by atomic mass is 9.75. The van der Waals surface area contributed by atoms with Crippen molar-refractivity contribution in [1.82, 2.24) is 9.55 Å². The number of carbonyl (C=O) groups excluding carboxylic acids is 1. The summed E-state index contributed by atoms with van der Waals surface area (Å²) in [7, 11) is 0.739. The molecule has 3 aromatic rings. The molecule has 2 fully saturated rings. The second-order valence-corrected chi connectivity index (χ2v) is 11.3. The number of rotatable bonds is 6. The van der Waals surface area contributed by atoms with E-state index >= 15 is 4.39 Å². The molecule has 1 aromatic carbocycles.